The van der Waals surface area contributed by atoms with E-state index in [0.717, 1.165) is 29.7 Å². The Kier molecular flexibility index (Phi) is 6.33. The Hall–Kier alpha value is -2.86. The summed E-state index contributed by atoms with van der Waals surface area (Å²) in [6.07, 6.45) is 4.99. The summed E-state index contributed by atoms with van der Waals surface area (Å²) >= 11 is 5.45. The van der Waals surface area contributed by atoms with Crippen molar-refractivity contribution in [2.45, 2.75) is 44.8 Å². The molecule has 0 aromatic heterocycles. The SMILES string of the molecule is CCOC(=O)C1=C(c2ccccc2)NC(=S)N[C@@H]1c1ccc(OC2CCCC2)cc1. The highest BCUT2D eigenvalue weighted by Gasteiger charge is 2.33. The Labute approximate surface area is 182 Å². The lowest BCUT2D eigenvalue weighted by molar-refractivity contribution is -0.138. The van der Waals surface area contributed by atoms with E-state index >= 15 is 0 Å². The Balaban J connectivity index is 1.69. The molecule has 4 rings (SSSR count). The molecule has 2 aromatic carbocycles. The van der Waals surface area contributed by atoms with Crippen molar-refractivity contribution in [1.82, 2.24) is 10.6 Å². The van der Waals surface area contributed by atoms with E-state index in [2.05, 4.69) is 10.6 Å². The number of rotatable bonds is 6. The molecule has 0 bridgehead atoms. The molecular weight excluding hydrogens is 396 g/mol. The van der Waals surface area contributed by atoms with Crippen LogP contribution >= 0.6 is 12.2 Å². The van der Waals surface area contributed by atoms with Gasteiger partial charge in [-0.3, -0.25) is 0 Å². The second kappa shape index (κ2) is 9.30. The summed E-state index contributed by atoms with van der Waals surface area (Å²) < 4.78 is 11.5. The molecule has 1 aliphatic heterocycles. The number of hydrogen-bond donors (Lipinski definition) is 2. The molecule has 0 spiro atoms. The Bertz CT molecular complexity index is 935. The summed E-state index contributed by atoms with van der Waals surface area (Å²) in [6, 6.07) is 17.2. The molecule has 0 amide bonds. The van der Waals surface area contributed by atoms with Gasteiger partial charge < -0.3 is 20.1 Å². The van der Waals surface area contributed by atoms with Crippen molar-refractivity contribution in [3.63, 3.8) is 0 Å². The largest absolute Gasteiger partial charge is 0.490 e. The van der Waals surface area contributed by atoms with E-state index in [9.17, 15) is 4.79 Å². The van der Waals surface area contributed by atoms with E-state index in [-0.39, 0.29) is 5.97 Å². The molecule has 5 nitrogen and oxygen atoms in total. The molecule has 1 aliphatic carbocycles. The summed E-state index contributed by atoms with van der Waals surface area (Å²) in [4.78, 5) is 12.9. The van der Waals surface area contributed by atoms with Crippen molar-refractivity contribution in [2.24, 2.45) is 0 Å². The van der Waals surface area contributed by atoms with Crippen LogP contribution in [0.25, 0.3) is 5.70 Å². The minimum absolute atomic E-state index is 0.301. The predicted octanol–water partition coefficient (Wildman–Crippen LogP) is 4.50. The first-order chi connectivity index (χ1) is 14.7. The van der Waals surface area contributed by atoms with Crippen LogP contribution in [-0.2, 0) is 9.53 Å². The van der Waals surface area contributed by atoms with Gasteiger partial charge in [0.25, 0.3) is 0 Å². The zero-order valence-corrected chi connectivity index (χ0v) is 17.8. The highest BCUT2D eigenvalue weighted by Crippen LogP contribution is 2.33. The van der Waals surface area contributed by atoms with Crippen molar-refractivity contribution in [3.05, 3.63) is 71.3 Å². The molecule has 156 valence electrons. The van der Waals surface area contributed by atoms with Crippen LogP contribution in [0.2, 0.25) is 0 Å². The van der Waals surface area contributed by atoms with Gasteiger partial charge in [-0.1, -0.05) is 42.5 Å². The lowest BCUT2D eigenvalue weighted by Gasteiger charge is -2.31. The Morgan fingerprint density at radius 2 is 1.77 bits per heavy atom. The van der Waals surface area contributed by atoms with Gasteiger partial charge in [-0.15, -0.1) is 0 Å². The van der Waals surface area contributed by atoms with Crippen LogP contribution in [0.4, 0.5) is 0 Å². The molecule has 2 N–H and O–H groups in total. The number of thiocarbonyl (C=S) groups is 1. The van der Waals surface area contributed by atoms with Gasteiger partial charge in [0.1, 0.15) is 5.75 Å². The summed E-state index contributed by atoms with van der Waals surface area (Å²) in [7, 11) is 0. The average molecular weight is 423 g/mol. The maximum atomic E-state index is 12.9. The summed E-state index contributed by atoms with van der Waals surface area (Å²) in [5.41, 5.74) is 3.00. The Morgan fingerprint density at radius 1 is 1.07 bits per heavy atom. The van der Waals surface area contributed by atoms with Gasteiger partial charge in [-0.05, 0) is 68.1 Å². The van der Waals surface area contributed by atoms with Gasteiger partial charge in [0.2, 0.25) is 0 Å². The second-order valence-corrected chi connectivity index (χ2v) is 7.91. The third kappa shape index (κ3) is 4.49. The van der Waals surface area contributed by atoms with Crippen LogP contribution in [0.15, 0.2) is 60.2 Å². The van der Waals surface area contributed by atoms with Gasteiger partial charge in [0.05, 0.1) is 30.0 Å². The van der Waals surface area contributed by atoms with Crippen LogP contribution in [0.1, 0.15) is 49.8 Å². The third-order valence-electron chi connectivity index (χ3n) is 5.45. The molecule has 0 unspecified atom stereocenters. The van der Waals surface area contributed by atoms with Crippen molar-refractivity contribution < 1.29 is 14.3 Å². The minimum Gasteiger partial charge on any atom is -0.490 e. The van der Waals surface area contributed by atoms with Gasteiger partial charge in [-0.2, -0.15) is 0 Å². The van der Waals surface area contributed by atoms with Crippen molar-refractivity contribution >= 4 is 29.0 Å². The van der Waals surface area contributed by atoms with Crippen molar-refractivity contribution in [3.8, 4) is 5.75 Å². The lowest BCUT2D eigenvalue weighted by Crippen LogP contribution is -2.45. The van der Waals surface area contributed by atoms with Crippen LogP contribution in [0.3, 0.4) is 0 Å². The van der Waals surface area contributed by atoms with Crippen LogP contribution in [0.5, 0.6) is 5.75 Å². The number of ether oxygens (including phenoxy) is 2. The first kappa shape index (κ1) is 20.4. The fourth-order valence-electron chi connectivity index (χ4n) is 4.01. The minimum atomic E-state index is -0.409. The molecule has 2 aliphatic rings. The van der Waals surface area contributed by atoms with Gasteiger partial charge in [0.15, 0.2) is 5.11 Å². The topological polar surface area (TPSA) is 59.6 Å². The molecule has 1 heterocycles. The van der Waals surface area contributed by atoms with Crippen LogP contribution in [0, 0.1) is 0 Å². The second-order valence-electron chi connectivity index (χ2n) is 7.50. The van der Waals surface area contributed by atoms with Gasteiger partial charge >= 0.3 is 5.97 Å². The normalized spacial score (nSPS) is 19.2. The molecule has 30 heavy (non-hydrogen) atoms. The van der Waals surface area contributed by atoms with E-state index in [0.29, 0.717) is 29.1 Å². The monoisotopic (exact) mass is 422 g/mol. The molecule has 1 fully saturated rings. The van der Waals surface area contributed by atoms with Gasteiger partial charge in [0, 0.05) is 0 Å². The maximum Gasteiger partial charge on any atom is 0.338 e. The number of esters is 1. The molecule has 6 heteroatoms. The van der Waals surface area contributed by atoms with Crippen LogP contribution in [-0.4, -0.2) is 23.8 Å². The first-order valence-corrected chi connectivity index (χ1v) is 10.9. The first-order valence-electron chi connectivity index (χ1n) is 10.5. The van der Waals surface area contributed by atoms with E-state index in [1.807, 2.05) is 54.6 Å². The number of carbonyl (C=O) groups is 1. The summed E-state index contributed by atoms with van der Waals surface area (Å²) in [5.74, 6) is 0.488. The zero-order chi connectivity index (χ0) is 20.9. The molecule has 0 saturated heterocycles. The molecule has 2 aromatic rings. The Morgan fingerprint density at radius 3 is 2.43 bits per heavy atom. The quantitative estimate of drug-likeness (QED) is 0.528. The summed E-state index contributed by atoms with van der Waals surface area (Å²) in [5, 5.41) is 6.86. The standard InChI is InChI=1S/C24H26N2O3S/c1-2-28-23(27)20-21(16-8-4-3-5-9-16)25-24(30)26-22(20)17-12-14-19(15-13-17)29-18-10-6-7-11-18/h3-5,8-9,12-15,18,22H,2,6-7,10-11H2,1H3,(H2,25,26,30)/t22-/m1/s1. The summed E-state index contributed by atoms with van der Waals surface area (Å²) in [6.45, 7) is 2.11. The molecule has 1 atom stereocenters. The van der Waals surface area contributed by atoms with E-state index in [1.54, 1.807) is 6.92 Å². The zero-order valence-electron chi connectivity index (χ0n) is 17.0. The third-order valence-corrected chi connectivity index (χ3v) is 5.67. The number of hydrogen-bond acceptors (Lipinski definition) is 4. The smallest absolute Gasteiger partial charge is 0.338 e. The number of carbonyl (C=O) groups excluding carboxylic acids is 1. The highest BCUT2D eigenvalue weighted by molar-refractivity contribution is 7.80. The molecule has 1 saturated carbocycles. The number of nitrogens with one attached hydrogen (secondary N) is 2. The average Bonchev–Trinajstić information content (AvgIpc) is 3.27. The molecular formula is C24H26N2O3S. The predicted molar refractivity (Wildman–Crippen MR) is 121 cm³/mol. The van der Waals surface area contributed by atoms with Gasteiger partial charge in [-0.25, -0.2) is 4.79 Å². The number of benzene rings is 2. The maximum absolute atomic E-state index is 12.9. The van der Waals surface area contributed by atoms with Crippen molar-refractivity contribution in [1.29, 1.82) is 0 Å². The van der Waals surface area contributed by atoms with E-state index < -0.39 is 6.04 Å². The fourth-order valence-corrected chi connectivity index (χ4v) is 4.23. The van der Waals surface area contributed by atoms with Crippen molar-refractivity contribution in [2.75, 3.05) is 6.61 Å². The lowest BCUT2D eigenvalue weighted by atomic mass is 9.93. The fraction of sp³-hybridized carbons (Fsp3) is 0.333. The highest BCUT2D eigenvalue weighted by atomic mass is 32.1. The van der Waals surface area contributed by atoms with E-state index in [1.165, 1.54) is 12.8 Å². The van der Waals surface area contributed by atoms with Crippen LogP contribution < -0.4 is 15.4 Å². The molecule has 0 radical (unpaired) electrons. The van der Waals surface area contributed by atoms with E-state index in [4.69, 9.17) is 21.7 Å².